The Morgan fingerprint density at radius 3 is 2.33 bits per heavy atom. The summed E-state index contributed by atoms with van der Waals surface area (Å²) in [5.74, 6) is -0.190. The third-order valence-electron chi connectivity index (χ3n) is 4.03. The van der Waals surface area contributed by atoms with Crippen molar-refractivity contribution >= 4 is 42.1 Å². The number of nitrogens with one attached hydrogen (secondary N) is 1. The van der Waals surface area contributed by atoms with Crippen LogP contribution in [0.3, 0.4) is 0 Å². The second kappa shape index (κ2) is 9.52. The molecule has 0 radical (unpaired) electrons. The molecule has 2 aromatic rings. The van der Waals surface area contributed by atoms with E-state index in [0.29, 0.717) is 0 Å². The number of carbonyl (C=O) groups excluding carboxylic acids is 1. The van der Waals surface area contributed by atoms with E-state index in [2.05, 4.69) is 16.3 Å². The summed E-state index contributed by atoms with van der Waals surface area (Å²) in [6.45, 7) is 2.17. The van der Waals surface area contributed by atoms with Gasteiger partial charge in [-0.1, -0.05) is 36.4 Å². The molecule has 0 aliphatic carbocycles. The third-order valence-corrected chi connectivity index (χ3v) is 4.03. The number of benzene rings is 2. The van der Waals surface area contributed by atoms with Gasteiger partial charge >= 0.3 is 0 Å². The molecule has 0 saturated carbocycles. The van der Waals surface area contributed by atoms with Gasteiger partial charge in [-0.25, -0.2) is 0 Å². The van der Waals surface area contributed by atoms with Crippen molar-refractivity contribution < 1.29 is 4.79 Å². The first-order valence-electron chi connectivity index (χ1n) is 7.70. The van der Waals surface area contributed by atoms with Gasteiger partial charge in [0.05, 0.1) is 0 Å². The van der Waals surface area contributed by atoms with Crippen molar-refractivity contribution in [3.8, 4) is 0 Å². The number of nitrogens with zero attached hydrogens (tertiary/aromatic N) is 1. The van der Waals surface area contributed by atoms with Crippen LogP contribution in [0, 0.1) is 0 Å². The smallest absolute Gasteiger partial charge is 0.245 e. The van der Waals surface area contributed by atoms with Crippen LogP contribution in [0.15, 0.2) is 54.6 Å². The highest BCUT2D eigenvalue weighted by molar-refractivity contribution is 5.95. The average Bonchev–Trinajstić information content (AvgIpc) is 3.10. The molecule has 1 saturated heterocycles. The maximum atomic E-state index is 12.3. The molecular weight excluding hydrogens is 345 g/mol. The van der Waals surface area contributed by atoms with Crippen molar-refractivity contribution in [3.63, 3.8) is 0 Å². The van der Waals surface area contributed by atoms with Crippen LogP contribution < -0.4 is 16.0 Å². The highest BCUT2D eigenvalue weighted by atomic mass is 35.5. The van der Waals surface area contributed by atoms with Crippen molar-refractivity contribution in [1.82, 2.24) is 0 Å². The average molecular weight is 368 g/mol. The predicted molar refractivity (Wildman–Crippen MR) is 104 cm³/mol. The van der Waals surface area contributed by atoms with Crippen LogP contribution >= 0.6 is 24.8 Å². The van der Waals surface area contributed by atoms with Crippen LogP contribution in [0.5, 0.6) is 0 Å². The van der Waals surface area contributed by atoms with Crippen LogP contribution in [0.25, 0.3) is 0 Å². The van der Waals surface area contributed by atoms with Gasteiger partial charge in [0.25, 0.3) is 0 Å². The molecule has 1 amide bonds. The Labute approximate surface area is 155 Å². The topological polar surface area (TPSA) is 58.4 Å². The minimum absolute atomic E-state index is 0. The van der Waals surface area contributed by atoms with E-state index in [9.17, 15) is 4.79 Å². The predicted octanol–water partition coefficient (Wildman–Crippen LogP) is 3.77. The number of hydrogen-bond acceptors (Lipinski definition) is 3. The van der Waals surface area contributed by atoms with E-state index in [0.717, 1.165) is 30.0 Å². The lowest BCUT2D eigenvalue weighted by atomic mass is 10.1. The Morgan fingerprint density at radius 2 is 1.67 bits per heavy atom. The van der Waals surface area contributed by atoms with E-state index in [4.69, 9.17) is 5.73 Å². The van der Waals surface area contributed by atoms with Crippen molar-refractivity contribution in [2.45, 2.75) is 18.9 Å². The lowest BCUT2D eigenvalue weighted by molar-refractivity contribution is -0.117. The number of nitrogens with two attached hydrogens (primary N) is 1. The fourth-order valence-electron chi connectivity index (χ4n) is 2.79. The second-order valence-electron chi connectivity index (χ2n) is 5.62. The van der Waals surface area contributed by atoms with Gasteiger partial charge in [-0.3, -0.25) is 4.79 Å². The first-order chi connectivity index (χ1) is 10.7. The minimum Gasteiger partial charge on any atom is -0.371 e. The molecule has 1 atom stereocenters. The van der Waals surface area contributed by atoms with Gasteiger partial charge in [0, 0.05) is 24.5 Å². The quantitative estimate of drug-likeness (QED) is 0.864. The third kappa shape index (κ3) is 4.87. The van der Waals surface area contributed by atoms with Crippen molar-refractivity contribution in [1.29, 1.82) is 0 Å². The van der Waals surface area contributed by atoms with E-state index in [1.807, 2.05) is 48.5 Å². The van der Waals surface area contributed by atoms with E-state index in [-0.39, 0.29) is 30.7 Å². The number of amides is 1. The lowest BCUT2D eigenvalue weighted by Gasteiger charge is -2.19. The summed E-state index contributed by atoms with van der Waals surface area (Å²) < 4.78 is 0. The number of carbonyl (C=O) groups is 1. The van der Waals surface area contributed by atoms with Gasteiger partial charge in [0.15, 0.2) is 0 Å². The van der Waals surface area contributed by atoms with Gasteiger partial charge in [-0.2, -0.15) is 0 Å². The molecule has 1 fully saturated rings. The fraction of sp³-hybridized carbons (Fsp3) is 0.278. The summed E-state index contributed by atoms with van der Waals surface area (Å²) in [4.78, 5) is 14.6. The molecule has 0 spiro atoms. The zero-order chi connectivity index (χ0) is 15.4. The van der Waals surface area contributed by atoms with Crippen molar-refractivity contribution in [3.05, 3.63) is 60.2 Å². The SMILES string of the molecule is Cl.Cl.NC(C(=O)Nc1cccc(N2CCCC2)c1)c1ccccc1. The van der Waals surface area contributed by atoms with E-state index < -0.39 is 6.04 Å². The molecule has 1 unspecified atom stereocenters. The van der Waals surface area contributed by atoms with Crippen LogP contribution in [-0.2, 0) is 4.79 Å². The van der Waals surface area contributed by atoms with E-state index in [1.54, 1.807) is 0 Å². The number of halogens is 2. The normalized spacial score (nSPS) is 14.3. The molecule has 3 N–H and O–H groups in total. The molecule has 3 rings (SSSR count). The Balaban J connectivity index is 0.00000144. The van der Waals surface area contributed by atoms with Crippen LogP contribution in [0.2, 0.25) is 0 Å². The molecule has 2 aromatic carbocycles. The van der Waals surface area contributed by atoms with Gasteiger partial charge < -0.3 is 16.0 Å². The molecule has 6 heteroatoms. The molecule has 4 nitrogen and oxygen atoms in total. The van der Waals surface area contributed by atoms with Crippen LogP contribution in [-0.4, -0.2) is 19.0 Å². The Kier molecular flexibility index (Phi) is 8.05. The summed E-state index contributed by atoms with van der Waals surface area (Å²) in [5.41, 5.74) is 8.79. The molecule has 1 aliphatic rings. The highest BCUT2D eigenvalue weighted by Gasteiger charge is 2.17. The summed E-state index contributed by atoms with van der Waals surface area (Å²) in [7, 11) is 0. The number of rotatable bonds is 4. The van der Waals surface area contributed by atoms with Gasteiger partial charge in [0.2, 0.25) is 5.91 Å². The molecule has 24 heavy (non-hydrogen) atoms. The van der Waals surface area contributed by atoms with E-state index in [1.165, 1.54) is 12.8 Å². The molecule has 1 heterocycles. The van der Waals surface area contributed by atoms with Gasteiger partial charge in [-0.15, -0.1) is 24.8 Å². The maximum Gasteiger partial charge on any atom is 0.245 e. The maximum absolute atomic E-state index is 12.3. The summed E-state index contributed by atoms with van der Waals surface area (Å²) in [5, 5.41) is 2.91. The molecule has 130 valence electrons. The summed E-state index contributed by atoms with van der Waals surface area (Å²) >= 11 is 0. The monoisotopic (exact) mass is 367 g/mol. The first kappa shape index (κ1) is 20.3. The van der Waals surface area contributed by atoms with Gasteiger partial charge in [-0.05, 0) is 36.6 Å². The zero-order valence-corrected chi connectivity index (χ0v) is 15.0. The largest absolute Gasteiger partial charge is 0.371 e. The molecule has 0 bridgehead atoms. The van der Waals surface area contributed by atoms with Gasteiger partial charge in [0.1, 0.15) is 6.04 Å². The zero-order valence-electron chi connectivity index (χ0n) is 13.4. The second-order valence-corrected chi connectivity index (χ2v) is 5.62. The highest BCUT2D eigenvalue weighted by Crippen LogP contribution is 2.24. The summed E-state index contributed by atoms with van der Waals surface area (Å²) in [6, 6.07) is 16.7. The lowest BCUT2D eigenvalue weighted by Crippen LogP contribution is -2.27. The van der Waals surface area contributed by atoms with Crippen LogP contribution in [0.1, 0.15) is 24.4 Å². The molecule has 0 aromatic heterocycles. The molecular formula is C18H23Cl2N3O. The fourth-order valence-corrected chi connectivity index (χ4v) is 2.79. The van der Waals surface area contributed by atoms with E-state index >= 15 is 0 Å². The van der Waals surface area contributed by atoms with Crippen molar-refractivity contribution in [2.24, 2.45) is 5.73 Å². The Hall–Kier alpha value is -1.75. The number of anilines is 2. The summed E-state index contributed by atoms with van der Waals surface area (Å²) in [6.07, 6.45) is 2.46. The molecule has 1 aliphatic heterocycles. The van der Waals surface area contributed by atoms with Crippen LogP contribution in [0.4, 0.5) is 11.4 Å². The Bertz CT molecular complexity index is 646. The Morgan fingerprint density at radius 1 is 1.00 bits per heavy atom. The minimum atomic E-state index is -0.656. The first-order valence-corrected chi connectivity index (χ1v) is 7.70. The number of hydrogen-bond donors (Lipinski definition) is 2. The standard InChI is InChI=1S/C18H21N3O.2ClH/c19-17(14-7-2-1-3-8-14)18(22)20-15-9-6-10-16(13-15)21-11-4-5-12-21;;/h1-3,6-10,13,17H,4-5,11-12,19H2,(H,20,22);2*1H. The van der Waals surface area contributed by atoms with Crippen molar-refractivity contribution in [2.75, 3.05) is 23.3 Å².